The fourth-order valence-corrected chi connectivity index (χ4v) is 5.78. The van der Waals surface area contributed by atoms with Crippen LogP contribution in [0.15, 0.2) is 70.5 Å². The second kappa shape index (κ2) is 8.80. The molecule has 0 radical (unpaired) electrons. The lowest BCUT2D eigenvalue weighted by atomic mass is 10.1. The molecule has 4 aromatic rings. The maximum absolute atomic E-state index is 13.7. The number of benzene rings is 3. The molecule has 0 aliphatic heterocycles. The molecule has 0 aliphatic carbocycles. The largest absolute Gasteiger partial charge is 0.444 e. The second-order valence-electron chi connectivity index (χ2n) is 9.46. The Morgan fingerprint density at radius 2 is 1.71 bits per heavy atom. The topological polar surface area (TPSA) is 77.4 Å². The number of hydrogen-bond donors (Lipinski definition) is 1. The number of fused-ring (bicyclic) bond motifs is 2. The lowest BCUT2D eigenvalue weighted by Crippen LogP contribution is -2.33. The summed E-state index contributed by atoms with van der Waals surface area (Å²) in [5, 5.41) is 5.25. The summed E-state index contributed by atoms with van der Waals surface area (Å²) in [6, 6.07) is 18.1. The first kappa shape index (κ1) is 23.8. The molecule has 178 valence electrons. The van der Waals surface area contributed by atoms with Crippen LogP contribution < -0.4 is 5.32 Å². The lowest BCUT2D eigenvalue weighted by Gasteiger charge is -2.19. The van der Waals surface area contributed by atoms with Gasteiger partial charge in [-0.05, 0) is 69.3 Å². The minimum atomic E-state index is -3.73. The number of rotatable bonds is 5. The molecule has 0 saturated carbocycles. The molecular weight excluding hydrogens is 448 g/mol. The van der Waals surface area contributed by atoms with Crippen LogP contribution in [-0.4, -0.2) is 31.2 Å². The zero-order chi connectivity index (χ0) is 24.7. The van der Waals surface area contributed by atoms with Gasteiger partial charge in [-0.1, -0.05) is 36.4 Å². The van der Waals surface area contributed by atoms with Gasteiger partial charge in [-0.2, -0.15) is 0 Å². The van der Waals surface area contributed by atoms with Crippen LogP contribution in [-0.2, 0) is 28.0 Å². The van der Waals surface area contributed by atoms with Gasteiger partial charge in [-0.3, -0.25) is 0 Å². The molecule has 0 saturated heterocycles. The minimum absolute atomic E-state index is 0.253. The van der Waals surface area contributed by atoms with Crippen LogP contribution in [0.5, 0.6) is 0 Å². The first-order chi connectivity index (χ1) is 16.0. The van der Waals surface area contributed by atoms with Crippen LogP contribution in [0.3, 0.4) is 0 Å². The zero-order valence-electron chi connectivity index (χ0n) is 20.2. The van der Waals surface area contributed by atoms with E-state index in [1.54, 1.807) is 24.3 Å². The Bertz CT molecular complexity index is 1490. The molecule has 0 fully saturated rings. The number of aromatic nitrogens is 1. The molecule has 0 atom stereocenters. The molecule has 4 rings (SSSR count). The lowest BCUT2D eigenvalue weighted by molar-refractivity contribution is 0.0528. The average Bonchev–Trinajstić information content (AvgIpc) is 3.02. The van der Waals surface area contributed by atoms with Gasteiger partial charge in [0.1, 0.15) is 5.60 Å². The molecular formula is C27H30N2O4S. The van der Waals surface area contributed by atoms with Crippen molar-refractivity contribution < 1.29 is 17.9 Å². The molecule has 34 heavy (non-hydrogen) atoms. The zero-order valence-corrected chi connectivity index (χ0v) is 21.0. The van der Waals surface area contributed by atoms with Crippen LogP contribution in [0.1, 0.15) is 32.0 Å². The Hall–Kier alpha value is -3.32. The van der Waals surface area contributed by atoms with Crippen molar-refractivity contribution >= 4 is 37.6 Å². The number of nitrogens with one attached hydrogen (secondary N) is 1. The van der Waals surface area contributed by atoms with Crippen molar-refractivity contribution in [3.8, 4) is 0 Å². The van der Waals surface area contributed by atoms with Crippen LogP contribution in [0, 0.1) is 6.92 Å². The van der Waals surface area contributed by atoms with Crippen molar-refractivity contribution in [2.45, 2.75) is 49.5 Å². The molecule has 0 bridgehead atoms. The van der Waals surface area contributed by atoms with E-state index in [1.165, 1.54) is 0 Å². The molecule has 0 spiro atoms. The van der Waals surface area contributed by atoms with E-state index in [0.717, 1.165) is 27.5 Å². The maximum atomic E-state index is 13.7. The summed E-state index contributed by atoms with van der Waals surface area (Å²) in [7, 11) is -1.77. The van der Waals surface area contributed by atoms with Crippen molar-refractivity contribution in [2.24, 2.45) is 7.05 Å². The van der Waals surface area contributed by atoms with E-state index in [1.807, 2.05) is 75.7 Å². The highest BCUT2D eigenvalue weighted by Crippen LogP contribution is 2.32. The minimum Gasteiger partial charge on any atom is -0.444 e. The summed E-state index contributed by atoms with van der Waals surface area (Å²) in [5.41, 5.74) is 2.41. The van der Waals surface area contributed by atoms with Gasteiger partial charge in [-0.25, -0.2) is 13.2 Å². The SMILES string of the molecule is Cc1c(CCNC(=O)OC(C)(C)C)c2cc(S(=O)(=O)c3cccc4ccccc34)ccc2n1C. The smallest absolute Gasteiger partial charge is 0.407 e. The van der Waals surface area contributed by atoms with Crippen LogP contribution in [0.2, 0.25) is 0 Å². The molecule has 1 amide bonds. The molecule has 7 heteroatoms. The van der Waals surface area contributed by atoms with Crippen LogP contribution in [0.4, 0.5) is 4.79 Å². The number of aryl methyl sites for hydroxylation is 1. The average molecular weight is 479 g/mol. The summed E-state index contributed by atoms with van der Waals surface area (Å²) in [6.07, 6.45) is 0.0878. The Kier molecular flexibility index (Phi) is 6.16. The number of carbonyl (C=O) groups is 1. The number of nitrogens with zero attached hydrogens (tertiary/aromatic N) is 1. The second-order valence-corrected chi connectivity index (χ2v) is 11.4. The predicted molar refractivity (Wildman–Crippen MR) is 135 cm³/mol. The highest BCUT2D eigenvalue weighted by atomic mass is 32.2. The number of carbonyl (C=O) groups excluding carboxylic acids is 1. The van der Waals surface area contributed by atoms with E-state index in [9.17, 15) is 13.2 Å². The summed E-state index contributed by atoms with van der Waals surface area (Å²) < 4.78 is 34.7. The number of amides is 1. The molecule has 3 aromatic carbocycles. The van der Waals surface area contributed by atoms with Gasteiger partial charge in [0.25, 0.3) is 0 Å². The third-order valence-electron chi connectivity index (χ3n) is 5.99. The van der Waals surface area contributed by atoms with Gasteiger partial charge < -0.3 is 14.6 Å². The molecule has 0 unspecified atom stereocenters. The third kappa shape index (κ3) is 4.53. The third-order valence-corrected chi connectivity index (χ3v) is 7.80. The van der Waals surface area contributed by atoms with E-state index < -0.39 is 21.5 Å². The number of alkyl carbamates (subject to hydrolysis) is 1. The monoisotopic (exact) mass is 478 g/mol. The quantitative estimate of drug-likeness (QED) is 0.409. The molecule has 6 nitrogen and oxygen atoms in total. The van der Waals surface area contributed by atoms with Gasteiger partial charge in [0, 0.05) is 35.6 Å². The standard InChI is InChI=1S/C27H30N2O4S/c1-18-21(15-16-28-26(30)33-27(2,3)4)23-17-20(13-14-24(23)29(18)5)34(31,32)25-12-8-10-19-9-6-7-11-22(19)25/h6-14,17H,15-16H2,1-5H3,(H,28,30). The van der Waals surface area contributed by atoms with E-state index in [2.05, 4.69) is 5.32 Å². The Balaban J connectivity index is 1.70. The number of ether oxygens (including phenoxy) is 1. The molecule has 1 heterocycles. The van der Waals surface area contributed by atoms with Gasteiger partial charge >= 0.3 is 6.09 Å². The van der Waals surface area contributed by atoms with Crippen molar-refractivity contribution in [1.82, 2.24) is 9.88 Å². The highest BCUT2D eigenvalue weighted by Gasteiger charge is 2.23. The summed E-state index contributed by atoms with van der Waals surface area (Å²) >= 11 is 0. The first-order valence-corrected chi connectivity index (χ1v) is 12.7. The fourth-order valence-electron chi connectivity index (χ4n) is 4.27. The first-order valence-electron chi connectivity index (χ1n) is 11.3. The number of hydrogen-bond acceptors (Lipinski definition) is 4. The van der Waals surface area contributed by atoms with Gasteiger partial charge in [0.2, 0.25) is 9.84 Å². The summed E-state index contributed by atoms with van der Waals surface area (Å²) in [6.45, 7) is 7.84. The van der Waals surface area contributed by atoms with Gasteiger partial charge in [-0.15, -0.1) is 0 Å². The molecule has 0 aliphatic rings. The fraction of sp³-hybridized carbons (Fsp3) is 0.296. The summed E-state index contributed by atoms with van der Waals surface area (Å²) in [5.74, 6) is 0. The van der Waals surface area contributed by atoms with Crippen LogP contribution >= 0.6 is 0 Å². The van der Waals surface area contributed by atoms with Crippen molar-refractivity contribution in [2.75, 3.05) is 6.54 Å². The predicted octanol–water partition coefficient (Wildman–Crippen LogP) is 5.54. The van der Waals surface area contributed by atoms with Gasteiger partial charge in [0.05, 0.1) is 9.79 Å². The Morgan fingerprint density at radius 1 is 1.00 bits per heavy atom. The maximum Gasteiger partial charge on any atom is 0.407 e. The highest BCUT2D eigenvalue weighted by molar-refractivity contribution is 7.91. The van der Waals surface area contributed by atoms with E-state index in [-0.39, 0.29) is 4.90 Å². The molecule has 1 aromatic heterocycles. The normalized spacial score (nSPS) is 12.3. The number of sulfone groups is 1. The van der Waals surface area contributed by atoms with Crippen molar-refractivity contribution in [3.63, 3.8) is 0 Å². The van der Waals surface area contributed by atoms with Crippen LogP contribution in [0.25, 0.3) is 21.7 Å². The molecule has 1 N–H and O–H groups in total. The Labute approximate surface area is 200 Å². The van der Waals surface area contributed by atoms with E-state index in [0.29, 0.717) is 23.2 Å². The van der Waals surface area contributed by atoms with E-state index >= 15 is 0 Å². The van der Waals surface area contributed by atoms with Gasteiger partial charge in [0.15, 0.2) is 0 Å². The van der Waals surface area contributed by atoms with Crippen molar-refractivity contribution in [1.29, 1.82) is 0 Å². The Morgan fingerprint density at radius 3 is 2.44 bits per heavy atom. The van der Waals surface area contributed by atoms with E-state index in [4.69, 9.17) is 4.74 Å². The van der Waals surface area contributed by atoms with Crippen molar-refractivity contribution in [3.05, 3.63) is 71.9 Å². The summed E-state index contributed by atoms with van der Waals surface area (Å²) in [4.78, 5) is 12.6.